The standard InChI is InChI=1S/C21H21NO3/c1-13(23)15-8-9-18-19(11-15)20(24)12-16(21(18)25)7-6-14-4-3-5-17(10-14)22-2/h3-5,8-11,16,22H,6-7,12H2,1-2H3. The van der Waals surface area contributed by atoms with Gasteiger partial charge in [-0.05, 0) is 49.6 Å². The Morgan fingerprint density at radius 3 is 2.64 bits per heavy atom. The number of benzene rings is 2. The first kappa shape index (κ1) is 17.1. The van der Waals surface area contributed by atoms with E-state index in [1.807, 2.05) is 25.2 Å². The second-order valence-corrected chi connectivity index (χ2v) is 6.49. The van der Waals surface area contributed by atoms with Crippen LogP contribution >= 0.6 is 0 Å². The highest BCUT2D eigenvalue weighted by Gasteiger charge is 2.32. The molecule has 2 aromatic carbocycles. The maximum Gasteiger partial charge on any atom is 0.167 e. The summed E-state index contributed by atoms with van der Waals surface area (Å²) in [5.74, 6) is -0.433. The predicted molar refractivity (Wildman–Crippen MR) is 97.5 cm³/mol. The Bertz CT molecular complexity index is 854. The summed E-state index contributed by atoms with van der Waals surface area (Å²) >= 11 is 0. The van der Waals surface area contributed by atoms with Crippen LogP contribution in [-0.2, 0) is 6.42 Å². The van der Waals surface area contributed by atoms with E-state index in [9.17, 15) is 14.4 Å². The number of nitrogens with one attached hydrogen (secondary N) is 1. The zero-order valence-corrected chi connectivity index (χ0v) is 14.5. The third kappa shape index (κ3) is 3.53. The molecular formula is C21H21NO3. The van der Waals surface area contributed by atoms with Crippen molar-refractivity contribution in [3.8, 4) is 0 Å². The number of hydrogen-bond donors (Lipinski definition) is 1. The fourth-order valence-electron chi connectivity index (χ4n) is 3.31. The second-order valence-electron chi connectivity index (χ2n) is 6.49. The van der Waals surface area contributed by atoms with Gasteiger partial charge in [0.15, 0.2) is 17.3 Å². The molecule has 128 valence electrons. The monoisotopic (exact) mass is 335 g/mol. The van der Waals surface area contributed by atoms with Gasteiger partial charge >= 0.3 is 0 Å². The number of rotatable bonds is 5. The number of aryl methyl sites for hydroxylation is 1. The van der Waals surface area contributed by atoms with E-state index in [1.54, 1.807) is 18.2 Å². The van der Waals surface area contributed by atoms with Crippen LogP contribution < -0.4 is 5.32 Å². The van der Waals surface area contributed by atoms with Crippen molar-refractivity contribution in [2.75, 3.05) is 12.4 Å². The van der Waals surface area contributed by atoms with Gasteiger partial charge in [-0.3, -0.25) is 14.4 Å². The number of ketones is 3. The van der Waals surface area contributed by atoms with Crippen molar-refractivity contribution < 1.29 is 14.4 Å². The minimum atomic E-state index is -0.290. The molecule has 1 aliphatic carbocycles. The summed E-state index contributed by atoms with van der Waals surface area (Å²) in [6.45, 7) is 1.46. The molecule has 1 N–H and O–H groups in total. The predicted octanol–water partition coefficient (Wildman–Crippen LogP) is 3.95. The summed E-state index contributed by atoms with van der Waals surface area (Å²) in [4.78, 5) is 36.7. The molecule has 0 fully saturated rings. The highest BCUT2D eigenvalue weighted by atomic mass is 16.1. The summed E-state index contributed by atoms with van der Waals surface area (Å²) in [5.41, 5.74) is 3.50. The Kier molecular flexibility index (Phi) is 4.79. The SMILES string of the molecule is CNc1cccc(CCC2CC(=O)c3cc(C(C)=O)ccc3C2=O)c1. The van der Waals surface area contributed by atoms with Crippen molar-refractivity contribution >= 4 is 23.0 Å². The maximum atomic E-state index is 12.7. The van der Waals surface area contributed by atoms with Crippen LogP contribution in [0.4, 0.5) is 5.69 Å². The molecule has 0 amide bonds. The molecule has 3 rings (SSSR count). The van der Waals surface area contributed by atoms with Crippen molar-refractivity contribution in [3.63, 3.8) is 0 Å². The van der Waals surface area contributed by atoms with Gasteiger partial charge in [0.25, 0.3) is 0 Å². The quantitative estimate of drug-likeness (QED) is 0.840. The molecule has 0 radical (unpaired) electrons. The maximum absolute atomic E-state index is 12.7. The van der Waals surface area contributed by atoms with E-state index in [0.29, 0.717) is 23.1 Å². The van der Waals surface area contributed by atoms with E-state index in [-0.39, 0.29) is 29.7 Å². The van der Waals surface area contributed by atoms with Crippen LogP contribution in [0, 0.1) is 5.92 Å². The molecule has 0 spiro atoms. The fourth-order valence-corrected chi connectivity index (χ4v) is 3.31. The van der Waals surface area contributed by atoms with Gasteiger partial charge in [-0.1, -0.05) is 18.2 Å². The highest BCUT2D eigenvalue weighted by molar-refractivity contribution is 6.15. The highest BCUT2D eigenvalue weighted by Crippen LogP contribution is 2.29. The Hall–Kier alpha value is -2.75. The van der Waals surface area contributed by atoms with E-state index in [1.165, 1.54) is 6.92 Å². The first-order valence-corrected chi connectivity index (χ1v) is 8.48. The lowest BCUT2D eigenvalue weighted by Gasteiger charge is -2.23. The lowest BCUT2D eigenvalue weighted by molar-refractivity contribution is 0.0816. The third-order valence-electron chi connectivity index (χ3n) is 4.79. The molecule has 0 heterocycles. The number of hydrogen-bond acceptors (Lipinski definition) is 4. The van der Waals surface area contributed by atoms with E-state index < -0.39 is 0 Å². The molecule has 0 aliphatic heterocycles. The molecule has 1 atom stereocenters. The molecule has 1 aliphatic rings. The fraction of sp³-hybridized carbons (Fsp3) is 0.286. The minimum Gasteiger partial charge on any atom is -0.388 e. The van der Waals surface area contributed by atoms with Crippen LogP contribution in [0.1, 0.15) is 56.4 Å². The topological polar surface area (TPSA) is 63.2 Å². The van der Waals surface area contributed by atoms with Crippen molar-refractivity contribution in [1.29, 1.82) is 0 Å². The van der Waals surface area contributed by atoms with Gasteiger partial charge in [0.2, 0.25) is 0 Å². The number of anilines is 1. The van der Waals surface area contributed by atoms with Crippen molar-refractivity contribution in [2.24, 2.45) is 5.92 Å². The molecular weight excluding hydrogens is 314 g/mol. The minimum absolute atomic E-state index is 0.00877. The van der Waals surface area contributed by atoms with Gasteiger partial charge in [0.1, 0.15) is 0 Å². The summed E-state index contributed by atoms with van der Waals surface area (Å²) in [6.07, 6.45) is 1.62. The molecule has 25 heavy (non-hydrogen) atoms. The average molecular weight is 335 g/mol. The number of carbonyl (C=O) groups excluding carboxylic acids is 3. The van der Waals surface area contributed by atoms with Crippen LogP contribution in [0.3, 0.4) is 0 Å². The first-order chi connectivity index (χ1) is 12.0. The molecule has 1 unspecified atom stereocenters. The molecule has 0 saturated carbocycles. The largest absolute Gasteiger partial charge is 0.388 e. The van der Waals surface area contributed by atoms with E-state index in [2.05, 4.69) is 11.4 Å². The zero-order chi connectivity index (χ0) is 18.0. The molecule has 4 heteroatoms. The van der Waals surface area contributed by atoms with Gasteiger partial charge in [-0.15, -0.1) is 0 Å². The van der Waals surface area contributed by atoms with Crippen LogP contribution in [0.15, 0.2) is 42.5 Å². The van der Waals surface area contributed by atoms with Crippen LogP contribution in [0.25, 0.3) is 0 Å². The van der Waals surface area contributed by atoms with Gasteiger partial charge in [-0.25, -0.2) is 0 Å². The van der Waals surface area contributed by atoms with Crippen molar-refractivity contribution in [2.45, 2.75) is 26.2 Å². The Morgan fingerprint density at radius 2 is 1.92 bits per heavy atom. The third-order valence-corrected chi connectivity index (χ3v) is 4.79. The van der Waals surface area contributed by atoms with Gasteiger partial charge in [0, 0.05) is 41.8 Å². The van der Waals surface area contributed by atoms with Crippen LogP contribution in [0.2, 0.25) is 0 Å². The molecule has 4 nitrogen and oxygen atoms in total. The van der Waals surface area contributed by atoms with Crippen LogP contribution in [0.5, 0.6) is 0 Å². The summed E-state index contributed by atoms with van der Waals surface area (Å²) in [6, 6.07) is 12.9. The van der Waals surface area contributed by atoms with E-state index >= 15 is 0 Å². The van der Waals surface area contributed by atoms with Gasteiger partial charge < -0.3 is 5.32 Å². The van der Waals surface area contributed by atoms with Crippen LogP contribution in [-0.4, -0.2) is 24.4 Å². The van der Waals surface area contributed by atoms with E-state index in [4.69, 9.17) is 0 Å². The summed E-state index contributed by atoms with van der Waals surface area (Å²) in [7, 11) is 1.87. The van der Waals surface area contributed by atoms with E-state index in [0.717, 1.165) is 17.7 Å². The molecule has 0 saturated heterocycles. The Morgan fingerprint density at radius 1 is 1.12 bits per heavy atom. The summed E-state index contributed by atoms with van der Waals surface area (Å²) < 4.78 is 0. The smallest absolute Gasteiger partial charge is 0.167 e. The van der Waals surface area contributed by atoms with Gasteiger partial charge in [0.05, 0.1) is 0 Å². The summed E-state index contributed by atoms with van der Waals surface area (Å²) in [5, 5.41) is 3.10. The lowest BCUT2D eigenvalue weighted by Crippen LogP contribution is -2.27. The Labute approximate surface area is 147 Å². The number of Topliss-reactive ketones (excluding diaryl/α,β-unsaturated/α-hetero) is 3. The van der Waals surface area contributed by atoms with Crippen molar-refractivity contribution in [1.82, 2.24) is 0 Å². The number of carbonyl (C=O) groups is 3. The molecule has 2 aromatic rings. The number of fused-ring (bicyclic) bond motifs is 1. The molecule has 0 bridgehead atoms. The first-order valence-electron chi connectivity index (χ1n) is 8.48. The second kappa shape index (κ2) is 7.01. The molecule has 0 aromatic heterocycles. The zero-order valence-electron chi connectivity index (χ0n) is 14.5. The van der Waals surface area contributed by atoms with Gasteiger partial charge in [-0.2, -0.15) is 0 Å². The lowest BCUT2D eigenvalue weighted by atomic mass is 9.78. The average Bonchev–Trinajstić information content (AvgIpc) is 2.63. The van der Waals surface area contributed by atoms with Crippen molar-refractivity contribution in [3.05, 3.63) is 64.7 Å². The normalized spacial score (nSPS) is 16.5. The Balaban J connectivity index is 1.78.